The number of aromatic nitrogens is 2. The Morgan fingerprint density at radius 3 is 2.16 bits per heavy atom. The Morgan fingerprint density at radius 1 is 0.867 bits per heavy atom. The summed E-state index contributed by atoms with van der Waals surface area (Å²) in [6.45, 7) is 3.55. The number of para-hydroxylation sites is 1. The SMILES string of the molecule is CCOP(=O)(OCC)C(Nc1ccc(F)cc1)c1ccc(OCc2nc3ccccc3c(=O)n2-c2ccc(F)cc2)c(OC)c1. The summed E-state index contributed by atoms with van der Waals surface area (Å²) in [5.41, 5.74) is 1.59. The predicted molar refractivity (Wildman–Crippen MR) is 168 cm³/mol. The maximum Gasteiger partial charge on any atom is 0.357 e. The smallest absolute Gasteiger partial charge is 0.357 e. The quantitative estimate of drug-likeness (QED) is 0.132. The number of benzene rings is 4. The Bertz CT molecular complexity index is 1870. The van der Waals surface area contributed by atoms with E-state index in [1.165, 1.54) is 60.2 Å². The van der Waals surface area contributed by atoms with Crippen molar-refractivity contribution in [2.45, 2.75) is 26.2 Å². The van der Waals surface area contributed by atoms with Gasteiger partial charge in [-0.25, -0.2) is 13.8 Å². The molecule has 1 unspecified atom stereocenters. The van der Waals surface area contributed by atoms with E-state index in [9.17, 15) is 18.1 Å². The van der Waals surface area contributed by atoms with Crippen molar-refractivity contribution in [1.29, 1.82) is 0 Å². The first-order valence-electron chi connectivity index (χ1n) is 14.2. The molecular formula is C33H32F2N3O6P. The number of ether oxygens (including phenoxy) is 2. The molecule has 234 valence electrons. The molecule has 0 aliphatic rings. The number of anilines is 1. The standard InChI is InChI=1S/C33H32F2N3O6P/c1-4-43-45(40,44-5-2)32(36-25-15-11-23(34)12-16-25)22-10-19-29(30(20-22)41-3)42-21-31-37-28-9-7-6-8-27(28)33(39)38(31)26-17-13-24(35)14-18-26/h6-20,32,36H,4-5,21H2,1-3H3. The van der Waals surface area contributed by atoms with Gasteiger partial charge in [-0.2, -0.15) is 0 Å². The van der Waals surface area contributed by atoms with E-state index in [-0.39, 0.29) is 31.2 Å². The van der Waals surface area contributed by atoms with Gasteiger partial charge < -0.3 is 23.8 Å². The highest BCUT2D eigenvalue weighted by Gasteiger charge is 2.37. The van der Waals surface area contributed by atoms with E-state index in [0.29, 0.717) is 39.3 Å². The molecule has 5 aromatic rings. The summed E-state index contributed by atoms with van der Waals surface area (Å²) < 4.78 is 65.8. The topological polar surface area (TPSA) is 101 Å². The summed E-state index contributed by atoms with van der Waals surface area (Å²) in [7, 11) is -2.33. The minimum Gasteiger partial charge on any atom is -0.493 e. The zero-order valence-corrected chi connectivity index (χ0v) is 25.8. The predicted octanol–water partition coefficient (Wildman–Crippen LogP) is 7.63. The number of hydrogen-bond acceptors (Lipinski definition) is 8. The molecule has 0 amide bonds. The van der Waals surface area contributed by atoms with Crippen molar-refractivity contribution in [3.05, 3.63) is 124 Å². The third-order valence-electron chi connectivity index (χ3n) is 6.87. The summed E-state index contributed by atoms with van der Waals surface area (Å²) in [4.78, 5) is 18.2. The monoisotopic (exact) mass is 635 g/mol. The molecule has 0 saturated heterocycles. The van der Waals surface area contributed by atoms with Crippen LogP contribution >= 0.6 is 7.60 Å². The van der Waals surface area contributed by atoms with Gasteiger partial charge in [0.1, 0.15) is 18.2 Å². The van der Waals surface area contributed by atoms with Crippen LogP contribution in [0.3, 0.4) is 0 Å². The van der Waals surface area contributed by atoms with Gasteiger partial charge in [-0.3, -0.25) is 13.9 Å². The first kappa shape index (κ1) is 31.8. The minimum atomic E-state index is -3.79. The van der Waals surface area contributed by atoms with Gasteiger partial charge in [-0.15, -0.1) is 0 Å². The molecule has 0 saturated carbocycles. The van der Waals surface area contributed by atoms with Gasteiger partial charge in [-0.1, -0.05) is 18.2 Å². The summed E-state index contributed by atoms with van der Waals surface area (Å²) in [5, 5.41) is 3.57. The summed E-state index contributed by atoms with van der Waals surface area (Å²) in [6.07, 6.45) is 0. The maximum atomic E-state index is 14.0. The Labute approximate surface area is 258 Å². The van der Waals surface area contributed by atoms with Crippen LogP contribution in [-0.2, 0) is 20.2 Å². The van der Waals surface area contributed by atoms with Crippen molar-refractivity contribution in [3.8, 4) is 17.2 Å². The van der Waals surface area contributed by atoms with Crippen LogP contribution < -0.4 is 20.3 Å². The van der Waals surface area contributed by atoms with Crippen molar-refractivity contribution in [1.82, 2.24) is 9.55 Å². The fourth-order valence-electron chi connectivity index (χ4n) is 4.84. The second-order valence-corrected chi connectivity index (χ2v) is 11.9. The number of hydrogen-bond donors (Lipinski definition) is 1. The van der Waals surface area contributed by atoms with Crippen LogP contribution in [0.1, 0.15) is 31.0 Å². The maximum absolute atomic E-state index is 14.0. The minimum absolute atomic E-state index is 0.131. The van der Waals surface area contributed by atoms with Gasteiger partial charge in [0.25, 0.3) is 5.56 Å². The molecular weight excluding hydrogens is 603 g/mol. The van der Waals surface area contributed by atoms with Crippen molar-refractivity contribution >= 4 is 24.2 Å². The molecule has 5 rings (SSSR count). The Kier molecular flexibility index (Phi) is 9.93. The summed E-state index contributed by atoms with van der Waals surface area (Å²) >= 11 is 0. The average molecular weight is 636 g/mol. The van der Waals surface area contributed by atoms with Gasteiger partial charge in [0.2, 0.25) is 0 Å². The molecule has 0 spiro atoms. The van der Waals surface area contributed by atoms with Crippen LogP contribution in [0.25, 0.3) is 16.6 Å². The van der Waals surface area contributed by atoms with E-state index < -0.39 is 25.0 Å². The number of halogens is 2. The first-order chi connectivity index (χ1) is 21.8. The fraction of sp³-hybridized carbons (Fsp3) is 0.212. The Hall–Kier alpha value is -4.57. The Balaban J connectivity index is 1.51. The van der Waals surface area contributed by atoms with Gasteiger partial charge in [0, 0.05) is 5.69 Å². The normalized spacial score (nSPS) is 12.2. The molecule has 1 atom stereocenters. The highest BCUT2D eigenvalue weighted by molar-refractivity contribution is 7.54. The van der Waals surface area contributed by atoms with Gasteiger partial charge in [0.15, 0.2) is 23.1 Å². The van der Waals surface area contributed by atoms with Gasteiger partial charge >= 0.3 is 7.60 Å². The van der Waals surface area contributed by atoms with E-state index in [0.717, 1.165) is 0 Å². The molecule has 0 fully saturated rings. The highest BCUT2D eigenvalue weighted by atomic mass is 31.2. The van der Waals surface area contributed by atoms with E-state index in [1.807, 2.05) is 0 Å². The summed E-state index contributed by atoms with van der Waals surface area (Å²) in [5.74, 6) is -0.925. The van der Waals surface area contributed by atoms with E-state index in [4.69, 9.17) is 18.5 Å². The molecule has 4 aromatic carbocycles. The molecule has 12 heteroatoms. The van der Waals surface area contributed by atoms with Crippen LogP contribution in [0.15, 0.2) is 95.8 Å². The first-order valence-corrected chi connectivity index (χ1v) is 15.9. The molecule has 1 aromatic heterocycles. The van der Waals surface area contributed by atoms with Crippen LogP contribution in [0, 0.1) is 11.6 Å². The molecule has 1 N–H and O–H groups in total. The number of nitrogens with one attached hydrogen (secondary N) is 1. The zero-order chi connectivity index (χ0) is 32.0. The molecule has 45 heavy (non-hydrogen) atoms. The average Bonchev–Trinajstić information content (AvgIpc) is 3.04. The molecule has 0 aliphatic heterocycles. The van der Waals surface area contributed by atoms with Crippen molar-refractivity contribution in [3.63, 3.8) is 0 Å². The Morgan fingerprint density at radius 2 is 1.51 bits per heavy atom. The largest absolute Gasteiger partial charge is 0.493 e. The lowest BCUT2D eigenvalue weighted by Gasteiger charge is -2.28. The van der Waals surface area contributed by atoms with Crippen molar-refractivity contribution in [2.75, 3.05) is 25.6 Å². The second-order valence-electron chi connectivity index (χ2n) is 9.79. The lowest BCUT2D eigenvalue weighted by Crippen LogP contribution is -2.25. The lowest BCUT2D eigenvalue weighted by molar-refractivity contribution is 0.214. The van der Waals surface area contributed by atoms with Crippen LogP contribution in [0.2, 0.25) is 0 Å². The van der Waals surface area contributed by atoms with Crippen molar-refractivity contribution < 1.29 is 31.9 Å². The number of fused-ring (bicyclic) bond motifs is 1. The van der Waals surface area contributed by atoms with E-state index >= 15 is 0 Å². The molecule has 1 heterocycles. The summed E-state index contributed by atoms with van der Waals surface area (Å²) in [6, 6.07) is 23.0. The lowest BCUT2D eigenvalue weighted by atomic mass is 10.2. The third-order valence-corrected chi connectivity index (χ3v) is 9.17. The molecule has 0 aliphatic carbocycles. The fourth-order valence-corrected chi connectivity index (χ4v) is 6.77. The third kappa shape index (κ3) is 7.06. The van der Waals surface area contributed by atoms with Crippen LogP contribution in [0.4, 0.5) is 14.5 Å². The second kappa shape index (κ2) is 14.0. The highest BCUT2D eigenvalue weighted by Crippen LogP contribution is 2.61. The number of rotatable bonds is 13. The van der Waals surface area contributed by atoms with Gasteiger partial charge in [0.05, 0.1) is 36.9 Å². The number of methoxy groups -OCH3 is 1. The molecule has 0 bridgehead atoms. The molecule has 9 nitrogen and oxygen atoms in total. The number of nitrogens with zero attached hydrogens (tertiary/aromatic N) is 2. The van der Waals surface area contributed by atoms with E-state index in [2.05, 4.69) is 10.3 Å². The van der Waals surface area contributed by atoms with Crippen molar-refractivity contribution in [2.24, 2.45) is 0 Å². The van der Waals surface area contributed by atoms with E-state index in [1.54, 1.807) is 56.3 Å². The van der Waals surface area contributed by atoms with Crippen LogP contribution in [-0.4, -0.2) is 29.9 Å². The van der Waals surface area contributed by atoms with Gasteiger partial charge in [-0.05, 0) is 92.2 Å². The zero-order valence-electron chi connectivity index (χ0n) is 24.9. The van der Waals surface area contributed by atoms with Crippen LogP contribution in [0.5, 0.6) is 11.5 Å². The molecule has 0 radical (unpaired) electrons.